The van der Waals surface area contributed by atoms with Crippen molar-refractivity contribution >= 4 is 51.8 Å². The first-order valence-corrected chi connectivity index (χ1v) is 7.57. The summed E-state index contributed by atoms with van der Waals surface area (Å²) >= 11 is 19.5. The van der Waals surface area contributed by atoms with E-state index in [1.807, 2.05) is 31.3 Å². The molecule has 0 saturated heterocycles. The Hall–Kier alpha value is -0.450. The van der Waals surface area contributed by atoms with E-state index >= 15 is 0 Å². The average molecular weight is 336 g/mol. The van der Waals surface area contributed by atoms with Crippen LogP contribution >= 0.6 is 46.1 Å². The predicted molar refractivity (Wildman–Crippen MR) is 85.4 cm³/mol. The number of hydrogen-bond donors (Lipinski definition) is 1. The van der Waals surface area contributed by atoms with Gasteiger partial charge >= 0.3 is 0 Å². The highest BCUT2D eigenvalue weighted by molar-refractivity contribution is 7.16. The molecular formula is C13H13Cl3N2S. The quantitative estimate of drug-likeness (QED) is 0.803. The number of hydrogen-bond acceptors (Lipinski definition) is 3. The summed E-state index contributed by atoms with van der Waals surface area (Å²) in [6.45, 7) is 1.58. The predicted octanol–water partition coefficient (Wildman–Crippen LogP) is 4.92. The zero-order valence-corrected chi connectivity index (χ0v) is 13.4. The molecule has 2 N–H and O–H groups in total. The topological polar surface area (TPSA) is 29.3 Å². The molecule has 1 heterocycles. The molecule has 2 nitrogen and oxygen atoms in total. The second-order valence-electron chi connectivity index (χ2n) is 4.35. The van der Waals surface area contributed by atoms with Gasteiger partial charge in [-0.1, -0.05) is 34.8 Å². The fraction of sp³-hybridized carbons (Fsp3) is 0.231. The van der Waals surface area contributed by atoms with E-state index in [1.54, 1.807) is 11.3 Å². The molecule has 2 rings (SSSR count). The van der Waals surface area contributed by atoms with Crippen molar-refractivity contribution < 1.29 is 0 Å². The van der Waals surface area contributed by atoms with Crippen LogP contribution in [0.3, 0.4) is 0 Å². The van der Waals surface area contributed by atoms with Gasteiger partial charge in [0, 0.05) is 18.0 Å². The maximum Gasteiger partial charge on any atom is 0.0931 e. The lowest BCUT2D eigenvalue weighted by Gasteiger charge is -2.16. The molecule has 0 fully saturated rings. The molecule has 102 valence electrons. The fourth-order valence-corrected chi connectivity index (χ4v) is 3.50. The minimum atomic E-state index is 0.430. The van der Waals surface area contributed by atoms with E-state index in [0.717, 1.165) is 23.0 Å². The Morgan fingerprint density at radius 1 is 1.11 bits per heavy atom. The third-order valence-electron chi connectivity index (χ3n) is 2.65. The molecule has 0 spiro atoms. The molecule has 0 bridgehead atoms. The van der Waals surface area contributed by atoms with Crippen LogP contribution in [0.15, 0.2) is 24.3 Å². The van der Waals surface area contributed by atoms with E-state index in [2.05, 4.69) is 4.90 Å². The average Bonchev–Trinajstić information content (AvgIpc) is 2.71. The van der Waals surface area contributed by atoms with E-state index in [9.17, 15) is 0 Å². The lowest BCUT2D eigenvalue weighted by Crippen LogP contribution is -2.16. The second-order valence-corrected chi connectivity index (χ2v) is 6.97. The Balaban J connectivity index is 2.04. The van der Waals surface area contributed by atoms with Crippen molar-refractivity contribution in [2.24, 2.45) is 0 Å². The number of thiophene rings is 1. The first-order valence-electron chi connectivity index (χ1n) is 5.62. The highest BCUT2D eigenvalue weighted by Gasteiger charge is 2.08. The van der Waals surface area contributed by atoms with Crippen molar-refractivity contribution in [2.75, 3.05) is 12.8 Å². The first-order chi connectivity index (χ1) is 8.95. The summed E-state index contributed by atoms with van der Waals surface area (Å²) in [6.07, 6.45) is 0. The van der Waals surface area contributed by atoms with Crippen molar-refractivity contribution in [3.63, 3.8) is 0 Å². The molecule has 0 atom stereocenters. The van der Waals surface area contributed by atoms with Crippen LogP contribution in [-0.2, 0) is 13.1 Å². The number of nitrogens with zero attached hydrogens (tertiary/aromatic N) is 1. The summed E-state index contributed by atoms with van der Waals surface area (Å²) in [5, 5.41) is 0.991. The molecule has 0 radical (unpaired) electrons. The number of benzene rings is 1. The van der Waals surface area contributed by atoms with Crippen LogP contribution in [0, 0.1) is 0 Å². The van der Waals surface area contributed by atoms with Gasteiger partial charge in [-0.2, -0.15) is 0 Å². The SMILES string of the molecule is CN(Cc1cc(Cl)c(N)c(Cl)c1)Cc1ccc(Cl)s1. The van der Waals surface area contributed by atoms with Crippen LogP contribution in [0.5, 0.6) is 0 Å². The Labute approximate surface area is 131 Å². The first kappa shape index (κ1) is 14.9. The monoisotopic (exact) mass is 334 g/mol. The minimum absolute atomic E-state index is 0.430. The van der Waals surface area contributed by atoms with Gasteiger partial charge in [-0.15, -0.1) is 11.3 Å². The van der Waals surface area contributed by atoms with Crippen LogP contribution in [0.2, 0.25) is 14.4 Å². The molecule has 0 unspecified atom stereocenters. The molecule has 0 saturated carbocycles. The molecule has 0 amide bonds. The number of halogens is 3. The van der Waals surface area contributed by atoms with Gasteiger partial charge in [-0.3, -0.25) is 4.90 Å². The van der Waals surface area contributed by atoms with Crippen LogP contribution in [0.4, 0.5) is 5.69 Å². The zero-order chi connectivity index (χ0) is 14.0. The molecule has 2 aromatic rings. The van der Waals surface area contributed by atoms with Crippen molar-refractivity contribution in [2.45, 2.75) is 13.1 Å². The summed E-state index contributed by atoms with van der Waals surface area (Å²) in [4.78, 5) is 3.39. The Morgan fingerprint density at radius 3 is 2.26 bits per heavy atom. The van der Waals surface area contributed by atoms with Crippen molar-refractivity contribution in [3.05, 3.63) is 49.1 Å². The van der Waals surface area contributed by atoms with Crippen LogP contribution in [-0.4, -0.2) is 11.9 Å². The largest absolute Gasteiger partial charge is 0.396 e. The van der Waals surface area contributed by atoms with E-state index < -0.39 is 0 Å². The van der Waals surface area contributed by atoms with E-state index in [4.69, 9.17) is 40.5 Å². The summed E-state index contributed by atoms with van der Waals surface area (Å²) in [7, 11) is 2.03. The Morgan fingerprint density at radius 2 is 1.74 bits per heavy atom. The number of nitrogens with two attached hydrogens (primary N) is 1. The van der Waals surface area contributed by atoms with Gasteiger partial charge in [0.2, 0.25) is 0 Å². The summed E-state index contributed by atoms with van der Waals surface area (Å²) in [6, 6.07) is 7.64. The van der Waals surface area contributed by atoms with Gasteiger partial charge in [0.05, 0.1) is 20.1 Å². The lowest BCUT2D eigenvalue weighted by molar-refractivity contribution is 0.322. The maximum atomic E-state index is 6.02. The van der Waals surface area contributed by atoms with Gasteiger partial charge in [-0.25, -0.2) is 0 Å². The van der Waals surface area contributed by atoms with Gasteiger partial charge in [0.25, 0.3) is 0 Å². The summed E-state index contributed by atoms with van der Waals surface area (Å²) in [5.74, 6) is 0. The van der Waals surface area contributed by atoms with E-state index in [-0.39, 0.29) is 0 Å². The zero-order valence-electron chi connectivity index (χ0n) is 10.3. The molecular weight excluding hydrogens is 323 g/mol. The fourth-order valence-electron chi connectivity index (χ4n) is 1.80. The molecule has 6 heteroatoms. The standard InChI is InChI=1S/C13H13Cl3N2S/c1-18(7-9-2-3-12(16)19-9)6-8-4-10(14)13(17)11(15)5-8/h2-5H,6-7,17H2,1H3. The molecule has 1 aromatic heterocycles. The van der Waals surface area contributed by atoms with E-state index in [0.29, 0.717) is 15.7 Å². The van der Waals surface area contributed by atoms with Crippen molar-refractivity contribution in [1.82, 2.24) is 4.90 Å². The third kappa shape index (κ3) is 4.01. The minimum Gasteiger partial charge on any atom is -0.396 e. The smallest absolute Gasteiger partial charge is 0.0931 e. The van der Waals surface area contributed by atoms with E-state index in [1.165, 1.54) is 4.88 Å². The molecule has 19 heavy (non-hydrogen) atoms. The number of anilines is 1. The van der Waals surface area contributed by atoms with Gasteiger partial charge in [0.1, 0.15) is 0 Å². The normalized spacial score (nSPS) is 11.2. The van der Waals surface area contributed by atoms with Crippen molar-refractivity contribution in [1.29, 1.82) is 0 Å². The summed E-state index contributed by atoms with van der Waals surface area (Å²) in [5.41, 5.74) is 7.18. The second kappa shape index (κ2) is 6.33. The highest BCUT2D eigenvalue weighted by Crippen LogP contribution is 2.29. The molecule has 0 aliphatic rings. The van der Waals surface area contributed by atoms with Crippen LogP contribution in [0.25, 0.3) is 0 Å². The van der Waals surface area contributed by atoms with Crippen LogP contribution in [0.1, 0.15) is 10.4 Å². The third-order valence-corrected chi connectivity index (χ3v) is 4.49. The molecule has 0 aliphatic carbocycles. The van der Waals surface area contributed by atoms with Crippen LogP contribution < -0.4 is 5.73 Å². The number of nitrogen functional groups attached to an aromatic ring is 1. The molecule has 1 aromatic carbocycles. The van der Waals surface area contributed by atoms with Crippen molar-refractivity contribution in [3.8, 4) is 0 Å². The number of rotatable bonds is 4. The van der Waals surface area contributed by atoms with Gasteiger partial charge in [-0.05, 0) is 36.9 Å². The summed E-state index contributed by atoms with van der Waals surface area (Å²) < 4.78 is 0.807. The lowest BCUT2D eigenvalue weighted by atomic mass is 10.2. The Bertz CT molecular complexity index is 560. The Kier molecular flexibility index (Phi) is 4.98. The maximum absolute atomic E-state index is 6.02. The van der Waals surface area contributed by atoms with Gasteiger partial charge in [0.15, 0.2) is 0 Å². The highest BCUT2D eigenvalue weighted by atomic mass is 35.5. The molecule has 0 aliphatic heterocycles. The van der Waals surface area contributed by atoms with Gasteiger partial charge < -0.3 is 5.73 Å².